The van der Waals surface area contributed by atoms with Crippen LogP contribution in [0.3, 0.4) is 0 Å². The molecule has 0 bridgehead atoms. The first kappa shape index (κ1) is 22.2. The second kappa shape index (κ2) is 8.13. The monoisotopic (exact) mass is 400 g/mol. The average Bonchev–Trinajstić information content (AvgIpc) is 2.83. The topological polar surface area (TPSA) is 110 Å². The molecule has 5 atom stereocenters. The van der Waals surface area contributed by atoms with Gasteiger partial charge in [0.25, 0.3) is 0 Å². The molecule has 2 N–H and O–H groups in total. The van der Waals surface area contributed by atoms with Crippen LogP contribution in [0.4, 0.5) is 0 Å². The van der Waals surface area contributed by atoms with Crippen LogP contribution in [0.2, 0.25) is 0 Å². The van der Waals surface area contributed by atoms with E-state index in [0.29, 0.717) is 0 Å². The number of carboxylic acid groups (broad SMARTS) is 1. The molecule has 3 rings (SSSR count). The molecule has 0 unspecified atom stereocenters. The van der Waals surface area contributed by atoms with E-state index in [-0.39, 0.29) is 35.6 Å². The van der Waals surface area contributed by atoms with Crippen molar-refractivity contribution in [2.75, 3.05) is 0 Å². The van der Waals surface area contributed by atoms with Gasteiger partial charge >= 0.3 is 29.6 Å². The minimum atomic E-state index is -1.53. The molecule has 1 aromatic rings. The zero-order valence-electron chi connectivity index (χ0n) is 15.7. The van der Waals surface area contributed by atoms with Gasteiger partial charge in [-0.3, -0.25) is 9.59 Å². The summed E-state index contributed by atoms with van der Waals surface area (Å²) in [6.07, 6.45) is -1.53. The quantitative estimate of drug-likeness (QED) is 0.395. The number of nitrogens with zero attached hydrogens (tertiary/aromatic N) is 1. The van der Waals surface area contributed by atoms with Crippen molar-refractivity contribution in [3.8, 4) is 0 Å². The summed E-state index contributed by atoms with van der Waals surface area (Å²) in [6, 6.07) is 7.87. The van der Waals surface area contributed by atoms with E-state index < -0.39 is 46.0 Å². The number of carbonyl (C=O) groups is 3. The van der Waals surface area contributed by atoms with E-state index in [9.17, 15) is 24.6 Å². The maximum absolute atomic E-state index is 12.4. The number of aliphatic hydroxyl groups is 1. The number of aliphatic hydroxyl groups excluding tert-OH is 1. The minimum absolute atomic E-state index is 0. The number of amides is 2. The SMILES string of the molecule is C[C@@H](NC(=O)[C@@H](O)[C@@H]1C(=O)N2[C@@H]1SC(C)(C)[C@@H]2C(=O)[O-])c1ccccc1.[Na+]. The summed E-state index contributed by atoms with van der Waals surface area (Å²) >= 11 is 1.27. The Morgan fingerprint density at radius 1 is 1.30 bits per heavy atom. The van der Waals surface area contributed by atoms with Crippen LogP contribution in [-0.4, -0.2) is 50.1 Å². The number of aliphatic carboxylic acids is 1. The number of thioether (sulfide) groups is 1. The number of benzene rings is 1. The zero-order chi connectivity index (χ0) is 19.2. The van der Waals surface area contributed by atoms with E-state index in [0.717, 1.165) is 5.56 Å². The largest absolute Gasteiger partial charge is 1.00 e. The van der Waals surface area contributed by atoms with E-state index in [1.54, 1.807) is 20.8 Å². The summed E-state index contributed by atoms with van der Waals surface area (Å²) in [6.45, 7) is 5.21. The van der Waals surface area contributed by atoms with E-state index in [1.165, 1.54) is 16.7 Å². The van der Waals surface area contributed by atoms with Gasteiger partial charge in [-0.15, -0.1) is 11.8 Å². The van der Waals surface area contributed by atoms with Crippen molar-refractivity contribution in [1.29, 1.82) is 0 Å². The number of hydrogen-bond acceptors (Lipinski definition) is 6. The van der Waals surface area contributed by atoms with Crippen molar-refractivity contribution >= 4 is 29.5 Å². The Hall–Kier alpha value is -1.06. The molecule has 0 saturated carbocycles. The van der Waals surface area contributed by atoms with Crippen molar-refractivity contribution in [2.24, 2.45) is 5.92 Å². The maximum atomic E-state index is 12.4. The molecule has 2 fully saturated rings. The van der Waals surface area contributed by atoms with Gasteiger partial charge in [-0.25, -0.2) is 0 Å². The maximum Gasteiger partial charge on any atom is 1.00 e. The predicted molar refractivity (Wildman–Crippen MR) is 93.6 cm³/mol. The molecule has 2 heterocycles. The van der Waals surface area contributed by atoms with E-state index in [4.69, 9.17) is 0 Å². The Kier molecular flexibility index (Phi) is 6.69. The molecule has 0 aromatic heterocycles. The second-order valence-corrected chi connectivity index (χ2v) is 8.96. The van der Waals surface area contributed by atoms with Crippen LogP contribution in [0.25, 0.3) is 0 Å². The van der Waals surface area contributed by atoms with Gasteiger partial charge in [-0.2, -0.15) is 0 Å². The molecule has 0 spiro atoms. The van der Waals surface area contributed by atoms with Crippen LogP contribution in [0.1, 0.15) is 32.4 Å². The van der Waals surface area contributed by atoms with Gasteiger partial charge in [-0.05, 0) is 26.3 Å². The van der Waals surface area contributed by atoms with Crippen molar-refractivity contribution in [1.82, 2.24) is 10.2 Å². The smallest absolute Gasteiger partial charge is 0.548 e. The van der Waals surface area contributed by atoms with E-state index >= 15 is 0 Å². The number of rotatable bonds is 5. The molecule has 140 valence electrons. The molecule has 1 aromatic carbocycles. The number of carbonyl (C=O) groups excluding carboxylic acids is 3. The third-order valence-electron chi connectivity index (χ3n) is 4.97. The Balaban J connectivity index is 0.00000261. The molecule has 27 heavy (non-hydrogen) atoms. The normalized spacial score (nSPS) is 27.6. The van der Waals surface area contributed by atoms with Gasteiger partial charge in [0.05, 0.1) is 23.4 Å². The number of nitrogens with one attached hydrogen (secondary N) is 1. The minimum Gasteiger partial charge on any atom is -0.548 e. The van der Waals surface area contributed by atoms with Crippen molar-refractivity contribution in [3.63, 3.8) is 0 Å². The van der Waals surface area contributed by atoms with Crippen molar-refractivity contribution in [3.05, 3.63) is 35.9 Å². The molecule has 0 aliphatic carbocycles. The molecule has 2 amide bonds. The summed E-state index contributed by atoms with van der Waals surface area (Å²) in [5, 5.41) is 24.0. The molecule has 7 nitrogen and oxygen atoms in total. The van der Waals surface area contributed by atoms with Gasteiger partial charge in [0, 0.05) is 4.75 Å². The van der Waals surface area contributed by atoms with Crippen LogP contribution >= 0.6 is 11.8 Å². The fraction of sp³-hybridized carbons (Fsp3) is 0.500. The fourth-order valence-corrected chi connectivity index (χ4v) is 5.31. The Morgan fingerprint density at radius 3 is 2.44 bits per heavy atom. The Bertz CT molecular complexity index is 745. The van der Waals surface area contributed by atoms with Crippen LogP contribution < -0.4 is 40.0 Å². The molecular weight excluding hydrogens is 379 g/mol. The van der Waals surface area contributed by atoms with Crippen molar-refractivity contribution in [2.45, 2.75) is 49.1 Å². The molecule has 0 radical (unpaired) electrons. The van der Waals surface area contributed by atoms with Gasteiger partial charge in [-0.1, -0.05) is 30.3 Å². The van der Waals surface area contributed by atoms with Gasteiger partial charge < -0.3 is 25.2 Å². The van der Waals surface area contributed by atoms with Crippen LogP contribution in [0, 0.1) is 5.92 Å². The van der Waals surface area contributed by atoms with Crippen LogP contribution in [0.15, 0.2) is 30.3 Å². The van der Waals surface area contributed by atoms with Gasteiger partial charge in [0.1, 0.15) is 12.0 Å². The summed E-state index contributed by atoms with van der Waals surface area (Å²) in [7, 11) is 0. The zero-order valence-corrected chi connectivity index (χ0v) is 18.5. The summed E-state index contributed by atoms with van der Waals surface area (Å²) in [5.41, 5.74) is 0.878. The average molecular weight is 400 g/mol. The molecule has 2 aliphatic rings. The number of carboxylic acids is 1. The summed E-state index contributed by atoms with van der Waals surface area (Å²) in [5.74, 6) is -3.45. The summed E-state index contributed by atoms with van der Waals surface area (Å²) < 4.78 is -0.749. The van der Waals surface area contributed by atoms with E-state index in [1.807, 2.05) is 30.3 Å². The first-order valence-corrected chi connectivity index (χ1v) is 9.27. The fourth-order valence-electron chi connectivity index (χ4n) is 3.60. The molecule has 2 saturated heterocycles. The standard InChI is InChI=1S/C18H22N2O5S.Na/c1-9(10-7-5-4-6-8-10)19-14(22)12(21)11-15(23)20-13(17(24)25)18(2,3)26-16(11)20;/h4-9,11-13,16,21H,1-3H3,(H,19,22)(H,24,25);/q;+1/p-1/t9-,11-,12+,13+,16-;/m1./s1. The third-order valence-corrected chi connectivity index (χ3v) is 6.57. The molecule has 9 heteroatoms. The van der Waals surface area contributed by atoms with Crippen LogP contribution in [0.5, 0.6) is 0 Å². The number of hydrogen-bond donors (Lipinski definition) is 2. The predicted octanol–water partition coefficient (Wildman–Crippen LogP) is -3.34. The van der Waals surface area contributed by atoms with Crippen LogP contribution in [-0.2, 0) is 14.4 Å². The summed E-state index contributed by atoms with van der Waals surface area (Å²) in [4.78, 5) is 37.4. The van der Waals surface area contributed by atoms with Gasteiger partial charge in [0.15, 0.2) is 0 Å². The Labute approximate surface area is 184 Å². The first-order chi connectivity index (χ1) is 12.1. The number of β-lactam (4-membered cyclic amide) rings is 1. The van der Waals surface area contributed by atoms with E-state index in [2.05, 4.69) is 5.32 Å². The Morgan fingerprint density at radius 2 is 1.89 bits per heavy atom. The number of fused-ring (bicyclic) bond motifs is 1. The third kappa shape index (κ3) is 3.91. The molecule has 2 aliphatic heterocycles. The van der Waals surface area contributed by atoms with Gasteiger partial charge in [0.2, 0.25) is 11.8 Å². The second-order valence-electron chi connectivity index (χ2n) is 7.19. The first-order valence-electron chi connectivity index (χ1n) is 8.39. The van der Waals surface area contributed by atoms with Crippen molar-refractivity contribution < 1.29 is 54.2 Å². The molecular formula is C18H21N2NaO5S.